The Kier molecular flexibility index (Phi) is 6.78. The van der Waals surface area contributed by atoms with Gasteiger partial charge in [-0.3, -0.25) is 0 Å². The zero-order chi connectivity index (χ0) is 16.0. The van der Waals surface area contributed by atoms with Gasteiger partial charge in [-0.15, -0.1) is 0 Å². The van der Waals surface area contributed by atoms with E-state index in [1.807, 2.05) is 20.8 Å². The lowest BCUT2D eigenvalue weighted by Gasteiger charge is -2.31. The lowest BCUT2D eigenvalue weighted by Crippen LogP contribution is -2.44. The molecule has 0 radical (unpaired) electrons. The molecule has 1 aromatic carbocycles. The molecule has 0 aromatic heterocycles. The van der Waals surface area contributed by atoms with Crippen molar-refractivity contribution in [2.45, 2.75) is 27.2 Å². The van der Waals surface area contributed by atoms with Gasteiger partial charge in [0.25, 0.3) is 0 Å². The number of benzene rings is 1. The van der Waals surface area contributed by atoms with Crippen LogP contribution in [0.1, 0.15) is 27.2 Å². The lowest BCUT2D eigenvalue weighted by atomic mass is 9.93. The fourth-order valence-electron chi connectivity index (χ4n) is 1.89. The van der Waals surface area contributed by atoms with E-state index in [-0.39, 0.29) is 11.4 Å². The molecule has 0 aliphatic heterocycles. The second kappa shape index (κ2) is 7.87. The Balaban J connectivity index is 2.84. The van der Waals surface area contributed by atoms with E-state index in [1.165, 1.54) is 0 Å². The molecule has 0 aliphatic carbocycles. The number of amides is 2. The van der Waals surface area contributed by atoms with Gasteiger partial charge < -0.3 is 16.0 Å². The van der Waals surface area contributed by atoms with Crippen molar-refractivity contribution < 1.29 is 4.79 Å². The van der Waals surface area contributed by atoms with Crippen molar-refractivity contribution in [1.29, 1.82) is 0 Å². The number of hydrogen-bond donors (Lipinski definition) is 2. The maximum atomic E-state index is 12.4. The minimum Gasteiger partial charge on any atom is -0.330 e. The summed E-state index contributed by atoms with van der Waals surface area (Å²) in [7, 11) is 0. The van der Waals surface area contributed by atoms with Gasteiger partial charge in [0.2, 0.25) is 0 Å². The molecular weight excluding hydrogens is 309 g/mol. The average molecular weight is 332 g/mol. The second-order valence-electron chi connectivity index (χ2n) is 5.84. The maximum absolute atomic E-state index is 12.4. The molecule has 0 saturated heterocycles. The fourth-order valence-corrected chi connectivity index (χ4v) is 2.23. The Morgan fingerprint density at radius 1 is 1.38 bits per heavy atom. The van der Waals surface area contributed by atoms with Crippen LogP contribution in [0.2, 0.25) is 10.0 Å². The molecule has 0 atom stereocenters. The van der Waals surface area contributed by atoms with Crippen LogP contribution in [0.25, 0.3) is 0 Å². The number of hydrogen-bond acceptors (Lipinski definition) is 2. The third kappa shape index (κ3) is 5.73. The van der Waals surface area contributed by atoms with Gasteiger partial charge in [-0.25, -0.2) is 4.79 Å². The summed E-state index contributed by atoms with van der Waals surface area (Å²) < 4.78 is 0. The normalized spacial score (nSPS) is 11.3. The third-order valence-corrected chi connectivity index (χ3v) is 3.69. The summed E-state index contributed by atoms with van der Waals surface area (Å²) in [5.41, 5.74) is 6.13. The largest absolute Gasteiger partial charge is 0.330 e. The van der Waals surface area contributed by atoms with E-state index >= 15 is 0 Å². The number of nitrogens with two attached hydrogens (primary N) is 1. The fraction of sp³-hybridized carbons (Fsp3) is 0.533. The number of nitrogens with zero attached hydrogens (tertiary/aromatic N) is 1. The monoisotopic (exact) mass is 331 g/mol. The van der Waals surface area contributed by atoms with Gasteiger partial charge in [0.1, 0.15) is 0 Å². The van der Waals surface area contributed by atoms with Gasteiger partial charge in [0.15, 0.2) is 0 Å². The van der Waals surface area contributed by atoms with E-state index in [4.69, 9.17) is 28.9 Å². The quantitative estimate of drug-likeness (QED) is 0.819. The molecular formula is C15H23Cl2N3O. The van der Waals surface area contributed by atoms with Crippen LogP contribution in [0.5, 0.6) is 0 Å². The van der Waals surface area contributed by atoms with Crippen LogP contribution in [-0.4, -0.2) is 30.6 Å². The minimum atomic E-state index is -0.192. The highest BCUT2D eigenvalue weighted by atomic mass is 35.5. The van der Waals surface area contributed by atoms with Crippen LogP contribution in [0.15, 0.2) is 18.2 Å². The molecule has 0 fully saturated rings. The summed E-state index contributed by atoms with van der Waals surface area (Å²) in [4.78, 5) is 14.2. The van der Waals surface area contributed by atoms with Crippen molar-refractivity contribution in [3.8, 4) is 0 Å². The van der Waals surface area contributed by atoms with Crippen molar-refractivity contribution >= 4 is 34.9 Å². The molecule has 3 N–H and O–H groups in total. The number of carbonyl (C=O) groups excluding carboxylic acids is 1. The van der Waals surface area contributed by atoms with Crippen molar-refractivity contribution in [3.63, 3.8) is 0 Å². The van der Waals surface area contributed by atoms with Gasteiger partial charge >= 0.3 is 6.03 Å². The van der Waals surface area contributed by atoms with Crippen molar-refractivity contribution in [1.82, 2.24) is 4.90 Å². The molecule has 118 valence electrons. The van der Waals surface area contributed by atoms with E-state index in [1.54, 1.807) is 23.1 Å². The van der Waals surface area contributed by atoms with E-state index < -0.39 is 0 Å². The van der Waals surface area contributed by atoms with Crippen LogP contribution < -0.4 is 11.1 Å². The van der Waals surface area contributed by atoms with Crippen molar-refractivity contribution in [3.05, 3.63) is 28.2 Å². The predicted octanol–water partition coefficient (Wildman–Crippen LogP) is 4.22. The molecule has 2 amide bonds. The molecule has 6 heteroatoms. The van der Waals surface area contributed by atoms with Gasteiger partial charge in [0, 0.05) is 18.1 Å². The Labute approximate surface area is 136 Å². The molecule has 1 rings (SSSR count). The Bertz CT molecular complexity index is 492. The van der Waals surface area contributed by atoms with Crippen LogP contribution in [0, 0.1) is 5.41 Å². The molecule has 1 aromatic rings. The number of carbonyl (C=O) groups is 1. The first-order valence-electron chi connectivity index (χ1n) is 7.00. The topological polar surface area (TPSA) is 58.4 Å². The highest BCUT2D eigenvalue weighted by Gasteiger charge is 2.23. The molecule has 0 unspecified atom stereocenters. The molecule has 21 heavy (non-hydrogen) atoms. The Morgan fingerprint density at radius 2 is 2.05 bits per heavy atom. The molecule has 0 saturated carbocycles. The smallest absolute Gasteiger partial charge is 0.321 e. The Morgan fingerprint density at radius 3 is 2.62 bits per heavy atom. The molecule has 0 heterocycles. The molecule has 0 spiro atoms. The molecule has 0 aliphatic rings. The summed E-state index contributed by atoms with van der Waals surface area (Å²) in [5, 5.41) is 3.80. The average Bonchev–Trinajstić information content (AvgIpc) is 2.42. The highest BCUT2D eigenvalue weighted by Crippen LogP contribution is 2.26. The summed E-state index contributed by atoms with van der Waals surface area (Å²) in [6, 6.07) is 4.79. The van der Waals surface area contributed by atoms with E-state index in [9.17, 15) is 4.79 Å². The predicted molar refractivity (Wildman–Crippen MR) is 90.2 cm³/mol. The first-order chi connectivity index (χ1) is 9.79. The summed E-state index contributed by atoms with van der Waals surface area (Å²) in [6.45, 7) is 7.86. The summed E-state index contributed by atoms with van der Waals surface area (Å²) in [6.07, 6.45) is 0.872. The number of rotatable bonds is 6. The number of anilines is 1. The van der Waals surface area contributed by atoms with Crippen molar-refractivity contribution in [2.24, 2.45) is 11.1 Å². The van der Waals surface area contributed by atoms with Crippen LogP contribution >= 0.6 is 23.2 Å². The molecule has 4 nitrogen and oxygen atoms in total. The van der Waals surface area contributed by atoms with Crippen molar-refractivity contribution in [2.75, 3.05) is 25.0 Å². The molecule has 0 bridgehead atoms. The van der Waals surface area contributed by atoms with Crippen LogP contribution in [-0.2, 0) is 0 Å². The van der Waals surface area contributed by atoms with E-state index in [0.29, 0.717) is 35.4 Å². The highest BCUT2D eigenvalue weighted by molar-refractivity contribution is 6.35. The second-order valence-corrected chi connectivity index (χ2v) is 6.69. The summed E-state index contributed by atoms with van der Waals surface area (Å²) >= 11 is 12.0. The van der Waals surface area contributed by atoms with Gasteiger partial charge in [-0.1, -0.05) is 44.0 Å². The van der Waals surface area contributed by atoms with E-state index in [0.717, 1.165) is 6.42 Å². The maximum Gasteiger partial charge on any atom is 0.321 e. The number of urea groups is 1. The standard InChI is InChI=1S/C15H23Cl2N3O/c1-4-7-20(10-15(2,3)9-18)14(21)19-13-8-11(16)5-6-12(13)17/h5-6,8H,4,7,9-10,18H2,1-3H3,(H,19,21). The van der Waals surface area contributed by atoms with Gasteiger partial charge in [-0.2, -0.15) is 0 Å². The lowest BCUT2D eigenvalue weighted by molar-refractivity contribution is 0.181. The first kappa shape index (κ1) is 18.1. The SMILES string of the molecule is CCCN(CC(C)(C)CN)C(=O)Nc1cc(Cl)ccc1Cl. The minimum absolute atomic E-state index is 0.134. The number of halogens is 2. The van der Waals surface area contributed by atoms with Gasteiger partial charge in [-0.05, 0) is 36.6 Å². The third-order valence-electron chi connectivity index (χ3n) is 3.12. The zero-order valence-corrected chi connectivity index (χ0v) is 14.3. The van der Waals surface area contributed by atoms with Crippen LogP contribution in [0.3, 0.4) is 0 Å². The first-order valence-corrected chi connectivity index (χ1v) is 7.75. The summed E-state index contributed by atoms with van der Waals surface area (Å²) in [5.74, 6) is 0. The zero-order valence-electron chi connectivity index (χ0n) is 12.7. The van der Waals surface area contributed by atoms with Gasteiger partial charge in [0.05, 0.1) is 10.7 Å². The van der Waals surface area contributed by atoms with Crippen LogP contribution in [0.4, 0.5) is 10.5 Å². The number of nitrogens with one attached hydrogen (secondary N) is 1. The van der Waals surface area contributed by atoms with E-state index in [2.05, 4.69) is 5.32 Å². The Hall–Kier alpha value is -0.970.